The summed E-state index contributed by atoms with van der Waals surface area (Å²) in [6, 6.07) is 15.4. The van der Waals surface area contributed by atoms with Gasteiger partial charge in [-0.3, -0.25) is 19.3 Å². The Labute approximate surface area is 240 Å². The lowest BCUT2D eigenvalue weighted by Gasteiger charge is -2.46. The third-order valence-electron chi connectivity index (χ3n) is 7.89. The van der Waals surface area contributed by atoms with Crippen LogP contribution in [-0.4, -0.2) is 63.2 Å². The van der Waals surface area contributed by atoms with Gasteiger partial charge in [0.15, 0.2) is 0 Å². The molecule has 2 saturated heterocycles. The number of nitrogens with one attached hydrogen (secondary N) is 3. The molecule has 3 aromatic rings. The van der Waals surface area contributed by atoms with E-state index < -0.39 is 12.1 Å². The first-order valence-electron chi connectivity index (χ1n) is 14.4. The number of urea groups is 1. The minimum Gasteiger partial charge on any atom is -0.361 e. The van der Waals surface area contributed by atoms with Crippen LogP contribution in [0.15, 0.2) is 60.8 Å². The highest BCUT2D eigenvalue weighted by Gasteiger charge is 2.45. The molecular formula is C32H39N5O4. The molecule has 0 aliphatic carbocycles. The van der Waals surface area contributed by atoms with Crippen LogP contribution in [0.3, 0.4) is 0 Å². The van der Waals surface area contributed by atoms with E-state index in [0.717, 1.165) is 22.0 Å². The molecule has 9 nitrogen and oxygen atoms in total. The molecule has 0 saturated carbocycles. The molecule has 3 heterocycles. The minimum absolute atomic E-state index is 0.146. The number of carbonyl (C=O) groups excluding carboxylic acids is 4. The van der Waals surface area contributed by atoms with Crippen molar-refractivity contribution < 1.29 is 19.2 Å². The molecule has 216 valence electrons. The molecule has 1 aromatic heterocycles. The summed E-state index contributed by atoms with van der Waals surface area (Å²) in [5, 5.41) is 7.09. The van der Waals surface area contributed by atoms with Gasteiger partial charge in [-0.1, -0.05) is 69.3 Å². The second kappa shape index (κ2) is 11.8. The van der Waals surface area contributed by atoms with Gasteiger partial charge < -0.3 is 20.5 Å². The molecule has 0 spiro atoms. The number of para-hydroxylation sites is 1. The molecule has 0 bridgehead atoms. The smallest absolute Gasteiger partial charge is 0.327 e. The molecule has 9 heteroatoms. The van der Waals surface area contributed by atoms with E-state index in [2.05, 4.69) is 15.6 Å². The summed E-state index contributed by atoms with van der Waals surface area (Å²) in [7, 11) is 0. The lowest BCUT2D eigenvalue weighted by atomic mass is 9.90. The second-order valence-corrected chi connectivity index (χ2v) is 12.4. The van der Waals surface area contributed by atoms with Crippen LogP contribution < -0.4 is 10.6 Å². The van der Waals surface area contributed by atoms with Gasteiger partial charge in [-0.25, -0.2) is 4.79 Å². The summed E-state index contributed by atoms with van der Waals surface area (Å²) in [6.45, 7) is 6.71. The van der Waals surface area contributed by atoms with Crippen molar-refractivity contribution in [2.75, 3.05) is 6.54 Å². The van der Waals surface area contributed by atoms with Crippen molar-refractivity contribution in [1.29, 1.82) is 0 Å². The van der Waals surface area contributed by atoms with Gasteiger partial charge in [0, 0.05) is 48.9 Å². The Morgan fingerprint density at radius 3 is 2.54 bits per heavy atom. The summed E-state index contributed by atoms with van der Waals surface area (Å²) in [5.41, 5.74) is 2.55. The number of hydrogen-bond acceptors (Lipinski definition) is 4. The van der Waals surface area contributed by atoms with Crippen molar-refractivity contribution >= 4 is 34.7 Å². The first-order chi connectivity index (χ1) is 19.6. The summed E-state index contributed by atoms with van der Waals surface area (Å²) in [4.78, 5) is 59.6. The Morgan fingerprint density at radius 1 is 1.05 bits per heavy atom. The van der Waals surface area contributed by atoms with Gasteiger partial charge in [-0.15, -0.1) is 0 Å². The van der Waals surface area contributed by atoms with Gasteiger partial charge in [0.1, 0.15) is 6.04 Å². The number of hydrogen-bond donors (Lipinski definition) is 3. The zero-order valence-corrected chi connectivity index (χ0v) is 24.0. The molecule has 41 heavy (non-hydrogen) atoms. The zero-order chi connectivity index (χ0) is 29.1. The zero-order valence-electron chi connectivity index (χ0n) is 24.0. The van der Waals surface area contributed by atoms with Crippen molar-refractivity contribution in [2.24, 2.45) is 5.41 Å². The molecule has 2 aliphatic heterocycles. The third-order valence-corrected chi connectivity index (χ3v) is 7.89. The average Bonchev–Trinajstić information content (AvgIpc) is 3.33. The number of H-pyrrole nitrogens is 1. The van der Waals surface area contributed by atoms with Crippen molar-refractivity contribution in [3.8, 4) is 0 Å². The Hall–Kier alpha value is -4.14. The Balaban J connectivity index is 1.32. The highest BCUT2D eigenvalue weighted by atomic mass is 16.2. The number of fused-ring (bicyclic) bond motifs is 2. The molecule has 5 amide bonds. The standard InChI is InChI=1S/C32H39N5O4/c1-32(2,3)18-28(38)34-26(16-22-19-33-24-13-8-7-12-23(22)24)30(40)35-25-14-9-15-36-27(25)17-29(39)37(31(36)41)20-21-10-5-4-6-11-21/h4-8,10-13,19,25-27,33H,9,14-18,20H2,1-3H3,(H,34,38)(H,35,40)/t25-,26-,27+/m0/s1. The third kappa shape index (κ3) is 6.61. The Bertz CT molecular complexity index is 1430. The second-order valence-electron chi connectivity index (χ2n) is 12.4. The maximum Gasteiger partial charge on any atom is 0.327 e. The van der Waals surface area contributed by atoms with Gasteiger partial charge in [-0.05, 0) is 35.4 Å². The normalized spacial score (nSPS) is 20.1. The van der Waals surface area contributed by atoms with Crippen LogP contribution in [0.1, 0.15) is 57.6 Å². The quantitative estimate of drug-likeness (QED) is 0.386. The summed E-state index contributed by atoms with van der Waals surface area (Å²) < 4.78 is 0. The highest BCUT2D eigenvalue weighted by Crippen LogP contribution is 2.28. The van der Waals surface area contributed by atoms with Crippen LogP contribution in [0.4, 0.5) is 4.79 Å². The Kier molecular flexibility index (Phi) is 8.15. The van der Waals surface area contributed by atoms with Crippen LogP contribution >= 0.6 is 0 Å². The molecule has 0 radical (unpaired) electrons. The number of amides is 5. The number of piperidine rings is 1. The number of carbonyl (C=O) groups is 4. The van der Waals surface area contributed by atoms with Gasteiger partial charge in [0.25, 0.3) is 0 Å². The molecule has 2 fully saturated rings. The molecular weight excluding hydrogens is 518 g/mol. The van der Waals surface area contributed by atoms with Crippen LogP contribution in [0.25, 0.3) is 10.9 Å². The molecule has 0 unspecified atom stereocenters. The van der Waals surface area contributed by atoms with Crippen molar-refractivity contribution in [1.82, 2.24) is 25.4 Å². The van der Waals surface area contributed by atoms with Crippen LogP contribution in [0.2, 0.25) is 0 Å². The maximum absolute atomic E-state index is 13.8. The lowest BCUT2D eigenvalue weighted by Crippen LogP contribution is -2.66. The number of benzene rings is 2. The summed E-state index contributed by atoms with van der Waals surface area (Å²) in [6.07, 6.45) is 3.99. The van der Waals surface area contributed by atoms with Crippen LogP contribution in [0.5, 0.6) is 0 Å². The minimum atomic E-state index is -0.802. The largest absolute Gasteiger partial charge is 0.361 e. The monoisotopic (exact) mass is 557 g/mol. The summed E-state index contributed by atoms with van der Waals surface area (Å²) >= 11 is 0. The maximum atomic E-state index is 13.8. The van der Waals surface area contributed by atoms with Gasteiger partial charge in [-0.2, -0.15) is 0 Å². The molecule has 2 aliphatic rings. The lowest BCUT2D eigenvalue weighted by molar-refractivity contribution is -0.136. The van der Waals surface area contributed by atoms with Crippen LogP contribution in [0, 0.1) is 5.41 Å². The average molecular weight is 558 g/mol. The fourth-order valence-electron chi connectivity index (χ4n) is 5.93. The van der Waals surface area contributed by atoms with E-state index in [-0.39, 0.29) is 54.6 Å². The van der Waals surface area contributed by atoms with E-state index in [1.54, 1.807) is 4.90 Å². The van der Waals surface area contributed by atoms with Gasteiger partial charge in [0.2, 0.25) is 17.7 Å². The fraction of sp³-hybridized carbons (Fsp3) is 0.438. The number of imide groups is 1. The van der Waals surface area contributed by atoms with Gasteiger partial charge >= 0.3 is 6.03 Å². The first kappa shape index (κ1) is 28.4. The number of nitrogens with zero attached hydrogens (tertiary/aromatic N) is 2. The fourth-order valence-corrected chi connectivity index (χ4v) is 5.93. The molecule has 3 N–H and O–H groups in total. The van der Waals surface area contributed by atoms with Crippen molar-refractivity contribution in [3.05, 3.63) is 71.9 Å². The van der Waals surface area contributed by atoms with E-state index in [1.165, 1.54) is 4.90 Å². The molecule has 2 aromatic carbocycles. The van der Waals surface area contributed by atoms with Crippen LogP contribution in [-0.2, 0) is 27.3 Å². The molecule has 3 atom stereocenters. The highest BCUT2D eigenvalue weighted by molar-refractivity contribution is 5.98. The van der Waals surface area contributed by atoms with E-state index in [1.807, 2.05) is 81.6 Å². The number of aromatic amines is 1. The van der Waals surface area contributed by atoms with Crippen molar-refractivity contribution in [2.45, 2.75) is 77.5 Å². The Morgan fingerprint density at radius 2 is 1.78 bits per heavy atom. The first-order valence-corrected chi connectivity index (χ1v) is 14.4. The summed E-state index contributed by atoms with van der Waals surface area (Å²) in [5.74, 6) is -0.742. The topological polar surface area (TPSA) is 115 Å². The van der Waals surface area contributed by atoms with E-state index in [0.29, 0.717) is 25.8 Å². The van der Waals surface area contributed by atoms with E-state index in [9.17, 15) is 19.2 Å². The number of rotatable bonds is 8. The number of aromatic nitrogens is 1. The predicted octanol–water partition coefficient (Wildman–Crippen LogP) is 4.13. The van der Waals surface area contributed by atoms with Gasteiger partial charge in [0.05, 0.1) is 12.6 Å². The SMILES string of the molecule is CC(C)(C)CC(=O)N[C@@H](Cc1c[nH]c2ccccc12)C(=O)N[C@H]1CCCN2C(=O)N(Cc3ccccc3)C(=O)C[C@H]12. The van der Waals surface area contributed by atoms with E-state index >= 15 is 0 Å². The van der Waals surface area contributed by atoms with E-state index in [4.69, 9.17) is 0 Å². The van der Waals surface area contributed by atoms with Crippen molar-refractivity contribution in [3.63, 3.8) is 0 Å². The predicted molar refractivity (Wildman–Crippen MR) is 157 cm³/mol. The molecule has 5 rings (SSSR count).